The van der Waals surface area contributed by atoms with Crippen molar-refractivity contribution in [3.05, 3.63) is 0 Å². The van der Waals surface area contributed by atoms with Gasteiger partial charge in [-0.2, -0.15) is 26.3 Å². The molecule has 0 heterocycles. The molecule has 0 aliphatic rings. The summed E-state index contributed by atoms with van der Waals surface area (Å²) in [5.41, 5.74) is 0. The normalized spacial score (nSPS) is 14.3. The van der Waals surface area contributed by atoms with Gasteiger partial charge < -0.3 is 9.11 Å². The van der Waals surface area contributed by atoms with Gasteiger partial charge in [-0.05, 0) is 0 Å². The topological polar surface area (TPSA) is 114 Å². The van der Waals surface area contributed by atoms with Crippen molar-refractivity contribution in [2.75, 3.05) is 0 Å². The van der Waals surface area contributed by atoms with Crippen LogP contribution in [0.25, 0.3) is 0 Å². The van der Waals surface area contributed by atoms with E-state index in [-0.39, 0.29) is 103 Å². The molecule has 0 radical (unpaired) electrons. The van der Waals surface area contributed by atoms with Gasteiger partial charge in [0.1, 0.15) is 0 Å². The number of rotatable bonds is 4. The van der Waals surface area contributed by atoms with Gasteiger partial charge in [0.2, 0.25) is 0 Å². The quantitative estimate of drug-likeness (QED) is 0.269. The fourth-order valence-electron chi connectivity index (χ4n) is 0.483. The maximum atomic E-state index is 12.3. The minimum Gasteiger partial charge on any atom is -0.743 e. The number of alkyl halides is 6. The van der Waals surface area contributed by atoms with E-state index in [4.69, 9.17) is 0 Å². The largest absolute Gasteiger partial charge is 1.00 e. The van der Waals surface area contributed by atoms with Crippen molar-refractivity contribution < 1.29 is 155 Å². The van der Waals surface area contributed by atoms with E-state index in [2.05, 4.69) is 0 Å². The van der Waals surface area contributed by atoms with Crippen LogP contribution in [0.3, 0.4) is 0 Å². The Morgan fingerprint density at radius 3 is 0.895 bits per heavy atom. The molecule has 0 rings (SSSR count). The molecule has 104 valence electrons. The van der Waals surface area contributed by atoms with Crippen LogP contribution < -0.4 is 103 Å². The molecule has 0 saturated heterocycles. The van der Waals surface area contributed by atoms with Crippen LogP contribution in [0.4, 0.5) is 26.3 Å². The molecule has 0 aliphatic heterocycles. The predicted octanol–water partition coefficient (Wildman–Crippen LogP) is -6.09. The Morgan fingerprint density at radius 1 is 0.632 bits per heavy atom. The van der Waals surface area contributed by atoms with Gasteiger partial charge in [-0.15, -0.1) is 0 Å². The minimum absolute atomic E-state index is 0. The zero-order valence-corrected chi connectivity index (χ0v) is 16.9. The molecule has 0 unspecified atom stereocenters. The summed E-state index contributed by atoms with van der Waals surface area (Å²) in [6, 6.07) is 0. The molecule has 0 bridgehead atoms. The molecule has 0 fully saturated rings. The van der Waals surface area contributed by atoms with Gasteiger partial charge in [-0.25, -0.2) is 16.8 Å². The fraction of sp³-hybridized carbons (Fsp3) is 1.00. The third-order valence-electron chi connectivity index (χ3n) is 1.36. The summed E-state index contributed by atoms with van der Waals surface area (Å²) in [6.07, 6.45) is 0. The first kappa shape index (κ1) is 26.6. The van der Waals surface area contributed by atoms with E-state index >= 15 is 0 Å². The van der Waals surface area contributed by atoms with Crippen molar-refractivity contribution in [2.24, 2.45) is 0 Å². The molecular formula is C3F6K2O6S2. The molecule has 0 saturated carbocycles. The molecule has 0 aromatic rings. The molecule has 0 atom stereocenters. The van der Waals surface area contributed by atoms with Crippen LogP contribution in [0.2, 0.25) is 0 Å². The summed E-state index contributed by atoms with van der Waals surface area (Å²) in [6.45, 7) is 0. The van der Waals surface area contributed by atoms with E-state index in [1.807, 2.05) is 0 Å². The Morgan fingerprint density at radius 2 is 0.789 bits per heavy atom. The molecule has 16 heteroatoms. The average molecular weight is 388 g/mol. The third-order valence-corrected chi connectivity index (χ3v) is 3.13. The molecule has 0 amide bonds. The summed E-state index contributed by atoms with van der Waals surface area (Å²) in [5.74, 6) is -7.21. The average Bonchev–Trinajstić information content (AvgIpc) is 1.98. The Bertz CT molecular complexity index is 467. The Hall–Kier alpha value is 2.67. The van der Waals surface area contributed by atoms with Crippen LogP contribution in [0.15, 0.2) is 0 Å². The molecule has 0 N–H and O–H groups in total. The van der Waals surface area contributed by atoms with Crippen molar-refractivity contribution >= 4 is 20.2 Å². The van der Waals surface area contributed by atoms with Crippen LogP contribution in [0.5, 0.6) is 0 Å². The second kappa shape index (κ2) is 7.49. The van der Waals surface area contributed by atoms with Crippen molar-refractivity contribution in [1.82, 2.24) is 0 Å². The number of hydrogen-bond acceptors (Lipinski definition) is 6. The maximum Gasteiger partial charge on any atom is 1.00 e. The molecule has 0 spiro atoms. The van der Waals surface area contributed by atoms with Crippen molar-refractivity contribution in [3.63, 3.8) is 0 Å². The minimum atomic E-state index is -7.32. The van der Waals surface area contributed by atoms with E-state index in [0.717, 1.165) is 0 Å². The maximum absolute atomic E-state index is 12.3. The second-order valence-corrected chi connectivity index (χ2v) is 5.36. The van der Waals surface area contributed by atoms with Crippen molar-refractivity contribution in [3.8, 4) is 0 Å². The van der Waals surface area contributed by atoms with Crippen molar-refractivity contribution in [1.29, 1.82) is 0 Å². The first-order valence-electron chi connectivity index (χ1n) is 3.04. The Labute approximate surface area is 188 Å². The summed E-state index contributed by atoms with van der Waals surface area (Å²) in [5, 5.41) is -13.9. The van der Waals surface area contributed by atoms with Crippen LogP contribution in [0.1, 0.15) is 0 Å². The van der Waals surface area contributed by atoms with Gasteiger partial charge in [0, 0.05) is 0 Å². The van der Waals surface area contributed by atoms with Gasteiger partial charge in [-0.1, -0.05) is 0 Å². The fourth-order valence-corrected chi connectivity index (χ4v) is 1.43. The molecule has 6 nitrogen and oxygen atoms in total. The SMILES string of the molecule is O=S(=O)([O-])C(F)(F)C(F)(F)C(F)(F)S(=O)(=O)[O-].[K+].[K+]. The zero-order valence-electron chi connectivity index (χ0n) is 9.03. The predicted molar refractivity (Wildman–Crippen MR) is 34.2 cm³/mol. The Kier molecular flexibility index (Phi) is 10.5. The second-order valence-electron chi connectivity index (χ2n) is 2.52. The van der Waals surface area contributed by atoms with E-state index in [1.54, 1.807) is 0 Å². The van der Waals surface area contributed by atoms with E-state index in [1.165, 1.54) is 0 Å². The van der Waals surface area contributed by atoms with Gasteiger partial charge in [0.05, 0.1) is 0 Å². The molecule has 0 aromatic carbocycles. The molecule has 19 heavy (non-hydrogen) atoms. The molecule has 0 aromatic heterocycles. The third kappa shape index (κ3) is 4.82. The van der Waals surface area contributed by atoms with E-state index < -0.39 is 36.7 Å². The Balaban J connectivity index is -0.00000128. The van der Waals surface area contributed by atoms with E-state index in [9.17, 15) is 52.3 Å². The summed E-state index contributed by atoms with van der Waals surface area (Å²) in [7, 11) is -14.6. The van der Waals surface area contributed by atoms with Crippen LogP contribution in [0, 0.1) is 0 Å². The zero-order chi connectivity index (χ0) is 14.5. The van der Waals surface area contributed by atoms with Crippen LogP contribution in [-0.2, 0) is 20.2 Å². The van der Waals surface area contributed by atoms with Crippen LogP contribution in [-0.4, -0.2) is 42.4 Å². The first-order valence-corrected chi connectivity index (χ1v) is 5.86. The molecular weight excluding hydrogens is 388 g/mol. The molecule has 0 aliphatic carbocycles. The van der Waals surface area contributed by atoms with Crippen molar-refractivity contribution in [2.45, 2.75) is 16.4 Å². The first-order chi connectivity index (χ1) is 7.00. The van der Waals surface area contributed by atoms with Gasteiger partial charge in [0.25, 0.3) is 0 Å². The van der Waals surface area contributed by atoms with Gasteiger partial charge in [0.15, 0.2) is 20.2 Å². The number of halogens is 6. The summed E-state index contributed by atoms with van der Waals surface area (Å²) >= 11 is 0. The smallest absolute Gasteiger partial charge is 0.743 e. The van der Waals surface area contributed by atoms with Crippen LogP contribution >= 0.6 is 0 Å². The van der Waals surface area contributed by atoms with Gasteiger partial charge >= 0.3 is 119 Å². The summed E-state index contributed by atoms with van der Waals surface area (Å²) < 4.78 is 131. The summed E-state index contributed by atoms with van der Waals surface area (Å²) in [4.78, 5) is 0. The monoisotopic (exact) mass is 388 g/mol. The number of hydrogen-bond donors (Lipinski definition) is 0. The van der Waals surface area contributed by atoms with E-state index in [0.29, 0.717) is 0 Å². The van der Waals surface area contributed by atoms with Gasteiger partial charge in [-0.3, -0.25) is 0 Å². The standard InChI is InChI=1S/C3H2F6O6S2.2K/c4-1(5,2(6,7)16(10,11)12)3(8,9)17(13,14)15;;/h(H,10,11,12)(H,13,14,15);;/q;2*+1/p-2.